The Morgan fingerprint density at radius 1 is 1.16 bits per heavy atom. The number of rotatable bonds is 4. The topological polar surface area (TPSA) is 30.5 Å². The van der Waals surface area contributed by atoms with Crippen LogP contribution in [0.4, 0.5) is 0 Å². The highest BCUT2D eigenvalue weighted by Gasteiger charge is 2.18. The quantitative estimate of drug-likeness (QED) is 0.906. The molecular formula is C16H25NO2. The van der Waals surface area contributed by atoms with E-state index in [-0.39, 0.29) is 0 Å². The molecule has 1 N–H and O–H groups in total. The van der Waals surface area contributed by atoms with Crippen LogP contribution in [-0.4, -0.2) is 26.8 Å². The molecule has 0 saturated carbocycles. The molecule has 19 heavy (non-hydrogen) atoms. The van der Waals surface area contributed by atoms with Crippen LogP contribution in [0, 0.1) is 13.8 Å². The van der Waals surface area contributed by atoms with Gasteiger partial charge in [0, 0.05) is 6.04 Å². The van der Waals surface area contributed by atoms with Crippen LogP contribution in [0.15, 0.2) is 6.07 Å². The molecule has 0 spiro atoms. The summed E-state index contributed by atoms with van der Waals surface area (Å²) in [6.45, 7) is 5.43. The summed E-state index contributed by atoms with van der Waals surface area (Å²) in [5, 5.41) is 3.61. The summed E-state index contributed by atoms with van der Waals surface area (Å²) in [4.78, 5) is 0. The molecule has 0 aromatic heterocycles. The SMILES string of the molecule is COc1cc(CC2CCCCN2)c(C)c(C)c1OC. The lowest BCUT2D eigenvalue weighted by molar-refractivity contribution is 0.351. The molecule has 3 heteroatoms. The van der Waals surface area contributed by atoms with Gasteiger partial charge in [0.05, 0.1) is 14.2 Å². The lowest BCUT2D eigenvalue weighted by Gasteiger charge is -2.25. The Balaban J connectivity index is 2.26. The molecule has 1 fully saturated rings. The molecule has 1 atom stereocenters. The van der Waals surface area contributed by atoms with Crippen LogP contribution < -0.4 is 14.8 Å². The van der Waals surface area contributed by atoms with Gasteiger partial charge in [-0.05, 0) is 62.4 Å². The maximum Gasteiger partial charge on any atom is 0.163 e. The van der Waals surface area contributed by atoms with Gasteiger partial charge in [0.2, 0.25) is 0 Å². The van der Waals surface area contributed by atoms with Crippen molar-refractivity contribution in [1.29, 1.82) is 0 Å². The molecule has 1 heterocycles. The maximum atomic E-state index is 5.46. The van der Waals surface area contributed by atoms with Crippen molar-refractivity contribution in [1.82, 2.24) is 5.32 Å². The number of benzene rings is 1. The number of ether oxygens (including phenoxy) is 2. The van der Waals surface area contributed by atoms with Gasteiger partial charge < -0.3 is 14.8 Å². The molecule has 0 bridgehead atoms. The lowest BCUT2D eigenvalue weighted by Crippen LogP contribution is -2.35. The minimum atomic E-state index is 0.602. The van der Waals surface area contributed by atoms with Crippen molar-refractivity contribution in [3.05, 3.63) is 22.8 Å². The Morgan fingerprint density at radius 2 is 1.95 bits per heavy atom. The third-order valence-electron chi connectivity index (χ3n) is 4.22. The Labute approximate surface area is 116 Å². The first kappa shape index (κ1) is 14.2. The maximum absolute atomic E-state index is 5.46. The van der Waals surface area contributed by atoms with Crippen LogP contribution >= 0.6 is 0 Å². The number of hydrogen-bond donors (Lipinski definition) is 1. The molecule has 2 rings (SSSR count). The molecule has 3 nitrogen and oxygen atoms in total. The fourth-order valence-electron chi connectivity index (χ4n) is 2.91. The van der Waals surface area contributed by atoms with Crippen molar-refractivity contribution in [2.45, 2.75) is 45.6 Å². The fourth-order valence-corrected chi connectivity index (χ4v) is 2.91. The van der Waals surface area contributed by atoms with Crippen molar-refractivity contribution < 1.29 is 9.47 Å². The summed E-state index contributed by atoms with van der Waals surface area (Å²) in [6.07, 6.45) is 4.99. The first-order chi connectivity index (χ1) is 9.17. The monoisotopic (exact) mass is 263 g/mol. The summed E-state index contributed by atoms with van der Waals surface area (Å²) in [5.41, 5.74) is 3.88. The molecule has 1 aromatic rings. The Hall–Kier alpha value is -1.22. The van der Waals surface area contributed by atoms with Gasteiger partial charge in [-0.1, -0.05) is 6.42 Å². The van der Waals surface area contributed by atoms with Gasteiger partial charge >= 0.3 is 0 Å². The fraction of sp³-hybridized carbons (Fsp3) is 0.625. The smallest absolute Gasteiger partial charge is 0.163 e. The van der Waals surface area contributed by atoms with Gasteiger partial charge in [-0.25, -0.2) is 0 Å². The number of piperidine rings is 1. The minimum Gasteiger partial charge on any atom is -0.493 e. The molecule has 1 aromatic carbocycles. The zero-order valence-corrected chi connectivity index (χ0v) is 12.5. The second-order valence-corrected chi connectivity index (χ2v) is 5.37. The van der Waals surface area contributed by atoms with Gasteiger partial charge in [0.1, 0.15) is 0 Å². The van der Waals surface area contributed by atoms with Gasteiger partial charge in [-0.3, -0.25) is 0 Å². The summed E-state index contributed by atoms with van der Waals surface area (Å²) >= 11 is 0. The summed E-state index contributed by atoms with van der Waals surface area (Å²) in [7, 11) is 3.40. The van der Waals surface area contributed by atoms with E-state index in [1.165, 1.54) is 36.0 Å². The van der Waals surface area contributed by atoms with E-state index in [0.717, 1.165) is 24.5 Å². The second kappa shape index (κ2) is 6.29. The number of nitrogens with one attached hydrogen (secondary N) is 1. The van der Waals surface area contributed by atoms with Gasteiger partial charge in [0.25, 0.3) is 0 Å². The standard InChI is InChI=1S/C16H25NO2/c1-11-12(2)16(19-4)15(18-3)10-13(11)9-14-7-5-6-8-17-14/h10,14,17H,5-9H2,1-4H3. The zero-order valence-electron chi connectivity index (χ0n) is 12.5. The van der Waals surface area contributed by atoms with Crippen molar-refractivity contribution in [3.8, 4) is 11.5 Å². The number of hydrogen-bond acceptors (Lipinski definition) is 3. The number of methoxy groups -OCH3 is 2. The average molecular weight is 263 g/mol. The van der Waals surface area contributed by atoms with Crippen molar-refractivity contribution in [3.63, 3.8) is 0 Å². The van der Waals surface area contributed by atoms with E-state index in [2.05, 4.69) is 25.2 Å². The largest absolute Gasteiger partial charge is 0.493 e. The average Bonchev–Trinajstić information content (AvgIpc) is 2.45. The van der Waals surface area contributed by atoms with Crippen LogP contribution in [0.25, 0.3) is 0 Å². The highest BCUT2D eigenvalue weighted by Crippen LogP contribution is 2.35. The van der Waals surface area contributed by atoms with Crippen LogP contribution in [0.3, 0.4) is 0 Å². The predicted octanol–water partition coefficient (Wildman–Crippen LogP) is 3.01. The molecular weight excluding hydrogens is 238 g/mol. The second-order valence-electron chi connectivity index (χ2n) is 5.37. The van der Waals surface area contributed by atoms with Crippen LogP contribution in [0.1, 0.15) is 36.0 Å². The summed E-state index contributed by atoms with van der Waals surface area (Å²) in [6, 6.07) is 2.74. The van der Waals surface area contributed by atoms with Crippen LogP contribution in [-0.2, 0) is 6.42 Å². The third-order valence-corrected chi connectivity index (χ3v) is 4.22. The van der Waals surface area contributed by atoms with E-state index in [4.69, 9.17) is 9.47 Å². The van der Waals surface area contributed by atoms with Crippen molar-refractivity contribution in [2.75, 3.05) is 20.8 Å². The van der Waals surface area contributed by atoms with Gasteiger partial charge in [-0.2, -0.15) is 0 Å². The highest BCUT2D eigenvalue weighted by atomic mass is 16.5. The molecule has 0 radical (unpaired) electrons. The zero-order chi connectivity index (χ0) is 13.8. The molecule has 1 aliphatic heterocycles. The third kappa shape index (κ3) is 3.03. The Morgan fingerprint density at radius 3 is 2.53 bits per heavy atom. The van der Waals surface area contributed by atoms with Gasteiger partial charge in [0.15, 0.2) is 11.5 Å². The molecule has 0 aliphatic carbocycles. The molecule has 1 unspecified atom stereocenters. The van der Waals surface area contributed by atoms with E-state index in [0.29, 0.717) is 6.04 Å². The summed E-state index contributed by atoms with van der Waals surface area (Å²) < 4.78 is 10.9. The van der Waals surface area contributed by atoms with Gasteiger partial charge in [-0.15, -0.1) is 0 Å². The molecule has 1 saturated heterocycles. The highest BCUT2D eigenvalue weighted by molar-refractivity contribution is 5.53. The van der Waals surface area contributed by atoms with E-state index >= 15 is 0 Å². The van der Waals surface area contributed by atoms with E-state index in [9.17, 15) is 0 Å². The lowest BCUT2D eigenvalue weighted by atomic mass is 9.92. The van der Waals surface area contributed by atoms with E-state index < -0.39 is 0 Å². The van der Waals surface area contributed by atoms with Crippen LogP contribution in [0.5, 0.6) is 11.5 Å². The Kier molecular flexibility index (Phi) is 4.70. The first-order valence-electron chi connectivity index (χ1n) is 7.11. The predicted molar refractivity (Wildman–Crippen MR) is 78.4 cm³/mol. The first-order valence-corrected chi connectivity index (χ1v) is 7.11. The van der Waals surface area contributed by atoms with Crippen molar-refractivity contribution >= 4 is 0 Å². The minimum absolute atomic E-state index is 0.602. The molecule has 0 amide bonds. The normalized spacial score (nSPS) is 19.3. The van der Waals surface area contributed by atoms with Crippen LogP contribution in [0.2, 0.25) is 0 Å². The summed E-state index contributed by atoms with van der Waals surface area (Å²) in [5.74, 6) is 1.71. The Bertz CT molecular complexity index is 437. The van der Waals surface area contributed by atoms with E-state index in [1.54, 1.807) is 14.2 Å². The van der Waals surface area contributed by atoms with E-state index in [1.807, 2.05) is 0 Å². The molecule has 106 valence electrons. The van der Waals surface area contributed by atoms with Crippen molar-refractivity contribution in [2.24, 2.45) is 0 Å². The molecule has 1 aliphatic rings.